The Hall–Kier alpha value is -3.38. The molecule has 0 aliphatic heterocycles. The van der Waals surface area contributed by atoms with Crippen LogP contribution in [0.5, 0.6) is 0 Å². The average Bonchev–Trinajstić information content (AvgIpc) is 2.78. The van der Waals surface area contributed by atoms with Crippen molar-refractivity contribution < 1.29 is 4.79 Å². The molecule has 9 heteroatoms. The second kappa shape index (κ2) is 12.2. The molecule has 3 N–H and O–H groups in total. The van der Waals surface area contributed by atoms with Gasteiger partial charge in [-0.2, -0.15) is 5.26 Å². The van der Waals surface area contributed by atoms with Gasteiger partial charge in [0.1, 0.15) is 5.82 Å². The van der Waals surface area contributed by atoms with E-state index in [9.17, 15) is 14.4 Å². The molecule has 2 aromatic rings. The Balaban J connectivity index is 2.40. The van der Waals surface area contributed by atoms with Gasteiger partial charge in [0.2, 0.25) is 5.91 Å². The van der Waals surface area contributed by atoms with Gasteiger partial charge in [0, 0.05) is 25.7 Å². The lowest BCUT2D eigenvalue weighted by atomic mass is 10.1. The highest BCUT2D eigenvalue weighted by molar-refractivity contribution is 5.96. The largest absolute Gasteiger partial charge is 0.383 e. The van der Waals surface area contributed by atoms with E-state index in [0.29, 0.717) is 31.6 Å². The van der Waals surface area contributed by atoms with Gasteiger partial charge in [0.25, 0.3) is 5.56 Å². The third-order valence-corrected chi connectivity index (χ3v) is 5.61. The maximum absolute atomic E-state index is 13.5. The third kappa shape index (κ3) is 6.81. The molecule has 1 heterocycles. The summed E-state index contributed by atoms with van der Waals surface area (Å²) in [7, 11) is 0. The van der Waals surface area contributed by atoms with E-state index in [0.717, 1.165) is 12.0 Å². The number of aromatic amines is 1. The number of carbonyl (C=O) groups is 1. The monoisotopic (exact) mass is 468 g/mol. The standard InChI is InChI=1S/C25H36N6O3/c1-6-7-12-30(22-23(27)31(14-17(2)3)25(34)28-24(22)33)21(32)16-29(18(4)5)15-20-10-8-19(13-26)9-11-20/h8-11,17-18H,6-7,12,14-16,27H2,1-5H3,(H,28,33,34). The first-order chi connectivity index (χ1) is 16.1. The molecule has 184 valence electrons. The average molecular weight is 469 g/mol. The lowest BCUT2D eigenvalue weighted by Gasteiger charge is -2.30. The van der Waals surface area contributed by atoms with Crippen molar-refractivity contribution >= 4 is 17.4 Å². The molecule has 1 aromatic carbocycles. The van der Waals surface area contributed by atoms with Crippen molar-refractivity contribution in [2.75, 3.05) is 23.7 Å². The van der Waals surface area contributed by atoms with Gasteiger partial charge in [-0.15, -0.1) is 0 Å². The van der Waals surface area contributed by atoms with E-state index in [1.54, 1.807) is 12.1 Å². The zero-order valence-electron chi connectivity index (χ0n) is 20.8. The lowest BCUT2D eigenvalue weighted by Crippen LogP contribution is -2.47. The number of hydrogen-bond donors (Lipinski definition) is 2. The summed E-state index contributed by atoms with van der Waals surface area (Å²) in [4.78, 5) is 44.4. The molecule has 1 aromatic heterocycles. The molecule has 0 atom stereocenters. The SMILES string of the molecule is CCCCN(C(=O)CN(Cc1ccc(C#N)cc1)C(C)C)c1c(N)n(CC(C)C)c(=O)[nH]c1=O. The van der Waals surface area contributed by atoms with Crippen LogP contribution in [0, 0.1) is 17.2 Å². The van der Waals surface area contributed by atoms with Crippen LogP contribution in [0.1, 0.15) is 58.6 Å². The normalized spacial score (nSPS) is 11.3. The fraction of sp³-hybridized carbons (Fsp3) is 0.520. The molecule has 0 spiro atoms. The molecule has 34 heavy (non-hydrogen) atoms. The van der Waals surface area contributed by atoms with Crippen molar-refractivity contribution in [3.05, 3.63) is 56.2 Å². The molecular weight excluding hydrogens is 432 g/mol. The summed E-state index contributed by atoms with van der Waals surface area (Å²) in [6.45, 7) is 11.1. The Kier molecular flexibility index (Phi) is 9.63. The number of unbranched alkanes of at least 4 members (excludes halogenated alkanes) is 1. The van der Waals surface area contributed by atoms with E-state index < -0.39 is 11.2 Å². The maximum atomic E-state index is 13.5. The number of nitriles is 1. The summed E-state index contributed by atoms with van der Waals surface area (Å²) in [5.74, 6) is -0.125. The fourth-order valence-corrected chi connectivity index (χ4v) is 3.66. The van der Waals surface area contributed by atoms with Crippen LogP contribution in [0.3, 0.4) is 0 Å². The molecular formula is C25H36N6O3. The summed E-state index contributed by atoms with van der Waals surface area (Å²) in [6.07, 6.45) is 1.51. The summed E-state index contributed by atoms with van der Waals surface area (Å²) in [5.41, 5.74) is 6.64. The van der Waals surface area contributed by atoms with Crippen LogP contribution in [0.4, 0.5) is 11.5 Å². The van der Waals surface area contributed by atoms with Crippen molar-refractivity contribution in [1.82, 2.24) is 14.5 Å². The van der Waals surface area contributed by atoms with E-state index in [4.69, 9.17) is 11.0 Å². The maximum Gasteiger partial charge on any atom is 0.330 e. The van der Waals surface area contributed by atoms with E-state index in [1.165, 1.54) is 9.47 Å². The topological polar surface area (TPSA) is 128 Å². The number of carbonyl (C=O) groups excluding carboxylic acids is 1. The van der Waals surface area contributed by atoms with E-state index in [1.807, 2.05) is 51.7 Å². The van der Waals surface area contributed by atoms with Crippen molar-refractivity contribution in [2.24, 2.45) is 5.92 Å². The van der Waals surface area contributed by atoms with E-state index >= 15 is 0 Å². The molecule has 0 unspecified atom stereocenters. The molecule has 1 amide bonds. The Morgan fingerprint density at radius 2 is 1.82 bits per heavy atom. The van der Waals surface area contributed by atoms with Crippen LogP contribution in [-0.2, 0) is 17.9 Å². The smallest absolute Gasteiger partial charge is 0.330 e. The Morgan fingerprint density at radius 3 is 2.35 bits per heavy atom. The third-order valence-electron chi connectivity index (χ3n) is 5.61. The van der Waals surface area contributed by atoms with Crippen molar-refractivity contribution in [3.8, 4) is 6.07 Å². The summed E-state index contributed by atoms with van der Waals surface area (Å²) >= 11 is 0. The first-order valence-electron chi connectivity index (χ1n) is 11.7. The number of nitrogen functional groups attached to an aromatic ring is 1. The molecule has 9 nitrogen and oxygen atoms in total. The van der Waals surface area contributed by atoms with Crippen LogP contribution >= 0.6 is 0 Å². The van der Waals surface area contributed by atoms with Gasteiger partial charge in [-0.1, -0.05) is 39.3 Å². The molecule has 0 bridgehead atoms. The lowest BCUT2D eigenvalue weighted by molar-refractivity contribution is -0.120. The molecule has 0 aliphatic rings. The number of nitrogens with one attached hydrogen (secondary N) is 1. The Morgan fingerprint density at radius 1 is 1.18 bits per heavy atom. The first kappa shape index (κ1) is 26.9. The number of aromatic nitrogens is 2. The highest BCUT2D eigenvalue weighted by Gasteiger charge is 2.26. The van der Waals surface area contributed by atoms with Gasteiger partial charge in [-0.25, -0.2) is 4.79 Å². The molecule has 0 radical (unpaired) electrons. The second-order valence-corrected chi connectivity index (χ2v) is 9.20. The minimum Gasteiger partial charge on any atom is -0.383 e. The van der Waals surface area contributed by atoms with Crippen LogP contribution in [0.25, 0.3) is 0 Å². The zero-order chi connectivity index (χ0) is 25.4. The molecule has 0 saturated carbocycles. The molecule has 0 fully saturated rings. The van der Waals surface area contributed by atoms with Gasteiger partial charge in [-0.05, 0) is 43.9 Å². The number of H-pyrrole nitrogens is 1. The van der Waals surface area contributed by atoms with Crippen LogP contribution < -0.4 is 21.9 Å². The number of nitrogens with zero attached hydrogens (tertiary/aromatic N) is 4. The van der Waals surface area contributed by atoms with Gasteiger partial charge >= 0.3 is 5.69 Å². The number of benzene rings is 1. The summed E-state index contributed by atoms with van der Waals surface area (Å²) in [5, 5.41) is 9.02. The summed E-state index contributed by atoms with van der Waals surface area (Å²) < 4.78 is 1.32. The fourth-order valence-electron chi connectivity index (χ4n) is 3.66. The quantitative estimate of drug-likeness (QED) is 0.522. The highest BCUT2D eigenvalue weighted by atomic mass is 16.2. The predicted octanol–water partition coefficient (Wildman–Crippen LogP) is 2.69. The van der Waals surface area contributed by atoms with Crippen LogP contribution in [-0.4, -0.2) is 39.5 Å². The van der Waals surface area contributed by atoms with Crippen LogP contribution in [0.15, 0.2) is 33.9 Å². The van der Waals surface area contributed by atoms with Crippen molar-refractivity contribution in [3.63, 3.8) is 0 Å². The predicted molar refractivity (Wildman–Crippen MR) is 135 cm³/mol. The minimum absolute atomic E-state index is 0.00934. The summed E-state index contributed by atoms with van der Waals surface area (Å²) in [6, 6.07) is 9.40. The highest BCUT2D eigenvalue weighted by Crippen LogP contribution is 2.20. The van der Waals surface area contributed by atoms with Crippen molar-refractivity contribution in [1.29, 1.82) is 5.26 Å². The molecule has 0 aliphatic carbocycles. The first-order valence-corrected chi connectivity index (χ1v) is 11.7. The van der Waals surface area contributed by atoms with E-state index in [2.05, 4.69) is 11.1 Å². The Bertz CT molecular complexity index is 1130. The van der Waals surface area contributed by atoms with Gasteiger partial charge in [-0.3, -0.25) is 24.0 Å². The van der Waals surface area contributed by atoms with Gasteiger partial charge in [0.15, 0.2) is 5.69 Å². The number of nitrogens with two attached hydrogens (primary N) is 1. The second-order valence-electron chi connectivity index (χ2n) is 9.20. The molecule has 2 rings (SSSR count). The van der Waals surface area contributed by atoms with Crippen molar-refractivity contribution in [2.45, 2.75) is 66.6 Å². The van der Waals surface area contributed by atoms with Gasteiger partial charge in [0.05, 0.1) is 18.2 Å². The molecule has 0 saturated heterocycles. The van der Waals surface area contributed by atoms with Crippen LogP contribution in [0.2, 0.25) is 0 Å². The zero-order valence-corrected chi connectivity index (χ0v) is 20.8. The number of anilines is 2. The number of hydrogen-bond acceptors (Lipinski definition) is 6. The Labute approximate surface area is 200 Å². The van der Waals surface area contributed by atoms with E-state index in [-0.39, 0.29) is 35.9 Å². The van der Waals surface area contributed by atoms with Gasteiger partial charge < -0.3 is 10.6 Å². The minimum atomic E-state index is -0.657. The number of rotatable bonds is 11. The number of amides is 1.